The first-order valence-corrected chi connectivity index (χ1v) is 9.02. The second kappa shape index (κ2) is 8.43. The first-order valence-electron chi connectivity index (χ1n) is 6.79. The summed E-state index contributed by atoms with van der Waals surface area (Å²) >= 11 is 3.26. The van der Waals surface area contributed by atoms with Crippen molar-refractivity contribution >= 4 is 38.4 Å². The van der Waals surface area contributed by atoms with Gasteiger partial charge in [0.15, 0.2) is 0 Å². The number of halogens is 2. The topological polar surface area (TPSA) is 62.3 Å². The predicted octanol–water partition coefficient (Wildman–Crippen LogP) is 2.28. The number of sulfonamides is 1. The summed E-state index contributed by atoms with van der Waals surface area (Å²) < 4.78 is 27.3. The molecule has 0 saturated carbocycles. The second-order valence-corrected chi connectivity index (χ2v) is 7.93. The van der Waals surface area contributed by atoms with E-state index in [-0.39, 0.29) is 17.3 Å². The summed E-state index contributed by atoms with van der Waals surface area (Å²) in [6.07, 6.45) is 5.98. The molecule has 0 radical (unpaired) electrons. The average Bonchev–Trinajstić information content (AvgIpc) is 2.45. The largest absolute Gasteiger partial charge is 0.320 e. The van der Waals surface area contributed by atoms with E-state index >= 15 is 0 Å². The maximum atomic E-state index is 12.5. The molecule has 0 aromatic carbocycles. The lowest BCUT2D eigenvalue weighted by Crippen LogP contribution is -2.38. The summed E-state index contributed by atoms with van der Waals surface area (Å²) in [5.74, 6) is 0.620. The molecule has 1 aliphatic rings. The number of piperidine rings is 1. The molecule has 8 heteroatoms. The van der Waals surface area contributed by atoms with Gasteiger partial charge in [0.1, 0.15) is 4.90 Å². The lowest BCUT2D eigenvalue weighted by Gasteiger charge is -2.31. The average molecular weight is 399 g/mol. The molecule has 21 heavy (non-hydrogen) atoms. The highest BCUT2D eigenvalue weighted by Crippen LogP contribution is 2.26. The van der Waals surface area contributed by atoms with Crippen LogP contribution < -0.4 is 5.32 Å². The number of nitrogens with one attached hydrogen (secondary N) is 1. The van der Waals surface area contributed by atoms with Gasteiger partial charge >= 0.3 is 0 Å². The number of hydrogen-bond donors (Lipinski definition) is 1. The van der Waals surface area contributed by atoms with Crippen molar-refractivity contribution in [3.63, 3.8) is 0 Å². The first kappa shape index (κ1) is 18.8. The first-order chi connectivity index (χ1) is 9.54. The van der Waals surface area contributed by atoms with Crippen LogP contribution in [0, 0.1) is 5.92 Å². The Morgan fingerprint density at radius 2 is 2.05 bits per heavy atom. The summed E-state index contributed by atoms with van der Waals surface area (Å²) in [4.78, 5) is 4.20. The molecular weight excluding hydrogens is 378 g/mol. The maximum Gasteiger partial charge on any atom is 0.244 e. The summed E-state index contributed by atoms with van der Waals surface area (Å²) in [5.41, 5.74) is 0. The maximum absolute atomic E-state index is 12.5. The second-order valence-electron chi connectivity index (χ2n) is 5.08. The Kier molecular flexibility index (Phi) is 7.56. The number of pyridine rings is 1. The van der Waals surface area contributed by atoms with Crippen LogP contribution in [0.4, 0.5) is 0 Å². The van der Waals surface area contributed by atoms with Crippen LogP contribution in [0.5, 0.6) is 0 Å². The van der Waals surface area contributed by atoms with Gasteiger partial charge in [0.25, 0.3) is 0 Å². The van der Waals surface area contributed by atoms with Crippen LogP contribution in [0.15, 0.2) is 27.8 Å². The van der Waals surface area contributed by atoms with E-state index in [2.05, 4.69) is 26.2 Å². The Morgan fingerprint density at radius 1 is 1.38 bits per heavy atom. The van der Waals surface area contributed by atoms with E-state index in [1.54, 1.807) is 16.6 Å². The quantitative estimate of drug-likeness (QED) is 0.826. The van der Waals surface area contributed by atoms with Crippen LogP contribution in [-0.2, 0) is 10.0 Å². The highest BCUT2D eigenvalue weighted by atomic mass is 79.9. The Bertz CT molecular complexity index is 548. The van der Waals surface area contributed by atoms with Crippen molar-refractivity contribution in [1.82, 2.24) is 14.6 Å². The van der Waals surface area contributed by atoms with Gasteiger partial charge < -0.3 is 5.32 Å². The van der Waals surface area contributed by atoms with E-state index in [9.17, 15) is 8.42 Å². The van der Waals surface area contributed by atoms with Gasteiger partial charge in [-0.05, 0) is 60.8 Å². The van der Waals surface area contributed by atoms with Gasteiger partial charge in [-0.1, -0.05) is 0 Å². The van der Waals surface area contributed by atoms with Crippen molar-refractivity contribution in [3.05, 3.63) is 22.9 Å². The number of rotatable bonds is 5. The van der Waals surface area contributed by atoms with Crippen molar-refractivity contribution in [2.75, 3.05) is 26.7 Å². The minimum atomic E-state index is -3.40. The summed E-state index contributed by atoms with van der Waals surface area (Å²) in [6, 6.07) is 1.61. The summed E-state index contributed by atoms with van der Waals surface area (Å²) in [6.45, 7) is 2.19. The molecule has 120 valence electrons. The van der Waals surface area contributed by atoms with Gasteiger partial charge in [-0.25, -0.2) is 8.42 Å². The van der Waals surface area contributed by atoms with E-state index in [1.165, 1.54) is 6.20 Å². The molecule has 0 bridgehead atoms. The molecule has 0 spiro atoms. The lowest BCUT2D eigenvalue weighted by atomic mass is 9.95. The van der Waals surface area contributed by atoms with Gasteiger partial charge in [-0.3, -0.25) is 4.98 Å². The Hall–Kier alpha value is -0.210. The fraction of sp³-hybridized carbons (Fsp3) is 0.615. The highest BCUT2D eigenvalue weighted by Gasteiger charge is 2.29. The predicted molar refractivity (Wildman–Crippen MR) is 89.2 cm³/mol. The molecule has 0 atom stereocenters. The summed E-state index contributed by atoms with van der Waals surface area (Å²) in [7, 11) is -1.46. The molecule has 5 nitrogen and oxygen atoms in total. The van der Waals surface area contributed by atoms with E-state index in [1.807, 2.05) is 7.05 Å². The molecule has 2 rings (SSSR count). The zero-order chi connectivity index (χ0) is 14.6. The molecular formula is C13H21BrClN3O2S. The van der Waals surface area contributed by atoms with Crippen LogP contribution in [0.3, 0.4) is 0 Å². The molecule has 0 unspecified atom stereocenters. The van der Waals surface area contributed by atoms with E-state index in [0.717, 1.165) is 25.8 Å². The van der Waals surface area contributed by atoms with Crippen LogP contribution in [0.1, 0.15) is 19.3 Å². The van der Waals surface area contributed by atoms with Crippen LogP contribution in [-0.4, -0.2) is 44.4 Å². The third kappa shape index (κ3) is 4.89. The minimum absolute atomic E-state index is 0. The summed E-state index contributed by atoms with van der Waals surface area (Å²) in [5, 5.41) is 3.14. The molecule has 1 aromatic heterocycles. The third-order valence-electron chi connectivity index (χ3n) is 3.69. The van der Waals surface area contributed by atoms with Crippen molar-refractivity contribution in [3.8, 4) is 0 Å². The van der Waals surface area contributed by atoms with Gasteiger partial charge in [-0.15, -0.1) is 12.4 Å². The SMILES string of the molecule is CNCCC1CCN(S(=O)(=O)c2cncc(Br)c2)CC1.Cl. The monoisotopic (exact) mass is 397 g/mol. The number of aromatic nitrogens is 1. The Morgan fingerprint density at radius 3 is 2.62 bits per heavy atom. The van der Waals surface area contributed by atoms with Gasteiger partial charge in [-0.2, -0.15) is 4.31 Å². The van der Waals surface area contributed by atoms with Crippen LogP contribution in [0.2, 0.25) is 0 Å². The molecule has 1 N–H and O–H groups in total. The van der Waals surface area contributed by atoms with Crippen molar-refractivity contribution < 1.29 is 8.42 Å². The van der Waals surface area contributed by atoms with Crippen molar-refractivity contribution in [2.24, 2.45) is 5.92 Å². The van der Waals surface area contributed by atoms with Gasteiger partial charge in [0, 0.05) is 30.0 Å². The van der Waals surface area contributed by atoms with Crippen molar-refractivity contribution in [1.29, 1.82) is 0 Å². The molecule has 1 fully saturated rings. The molecule has 1 aromatic rings. The Balaban J connectivity index is 0.00000220. The third-order valence-corrected chi connectivity index (χ3v) is 5.99. The zero-order valence-electron chi connectivity index (χ0n) is 12.0. The van der Waals surface area contributed by atoms with E-state index in [0.29, 0.717) is 23.5 Å². The van der Waals surface area contributed by atoms with E-state index < -0.39 is 10.0 Å². The fourth-order valence-corrected chi connectivity index (χ4v) is 4.45. The number of nitrogens with zero attached hydrogens (tertiary/aromatic N) is 2. The fourth-order valence-electron chi connectivity index (χ4n) is 2.47. The molecule has 1 aliphatic heterocycles. The lowest BCUT2D eigenvalue weighted by molar-refractivity contribution is 0.263. The van der Waals surface area contributed by atoms with Gasteiger partial charge in [0.05, 0.1) is 0 Å². The van der Waals surface area contributed by atoms with Crippen molar-refractivity contribution in [2.45, 2.75) is 24.2 Å². The molecule has 1 saturated heterocycles. The van der Waals surface area contributed by atoms with E-state index in [4.69, 9.17) is 0 Å². The Labute approximate surface area is 141 Å². The smallest absolute Gasteiger partial charge is 0.244 e. The minimum Gasteiger partial charge on any atom is -0.320 e. The van der Waals surface area contributed by atoms with Gasteiger partial charge in [0.2, 0.25) is 10.0 Å². The highest BCUT2D eigenvalue weighted by molar-refractivity contribution is 9.10. The molecule has 2 heterocycles. The number of hydrogen-bond acceptors (Lipinski definition) is 4. The molecule has 0 amide bonds. The van der Waals surface area contributed by atoms with Crippen LogP contribution in [0.25, 0.3) is 0 Å². The van der Waals surface area contributed by atoms with Crippen LogP contribution >= 0.6 is 28.3 Å². The molecule has 0 aliphatic carbocycles. The standard InChI is InChI=1S/C13H20BrN3O2S.ClH/c1-15-5-2-11-3-6-17(7-4-11)20(18,19)13-8-12(14)9-16-10-13;/h8-11,15H,2-7H2,1H3;1H. The zero-order valence-corrected chi connectivity index (χ0v) is 15.2. The normalized spacial score (nSPS) is 17.4.